The van der Waals surface area contributed by atoms with Crippen molar-refractivity contribution in [2.75, 3.05) is 241 Å². The molecule has 0 saturated carbocycles. The van der Waals surface area contributed by atoms with Crippen LogP contribution >= 0.6 is 326 Å². The highest BCUT2D eigenvalue weighted by Gasteiger charge is 2.19. The van der Waals surface area contributed by atoms with Crippen molar-refractivity contribution in [3.05, 3.63) is 0 Å². The van der Waals surface area contributed by atoms with E-state index < -0.39 is 121 Å². The lowest BCUT2D eigenvalue weighted by atomic mass is 11.8. The first-order valence-electron chi connectivity index (χ1n) is 29.2. The molecule has 126 heavy (non-hydrogen) atoms. The SMILES string of the molecule is COP(N)(=O)SC.COP(N)(=O)SC.COP(N)(=O)SC.COP(N)(=O)SC.COP(N)(=O)SC.COP(N)(=O)SC.COP(N)(=O)SC.COP(N)(=O)SC.COP(N)(=O)SC.COP(N)(=O)SC.COP(N)(=O)SC.COP(N)(=O)SC.COP(N)(=O)SC.COP(N)(=O)SC.COP(N)(=O)SC.COP(N)(=O)SC.COP(N)(=O)SC.COP(N)(=O)SC. The van der Waals surface area contributed by atoms with Crippen LogP contribution in [0.4, 0.5) is 0 Å². The molecule has 0 aromatic rings. The summed E-state index contributed by atoms with van der Waals surface area (Å²) in [7, 11) is 24.0. The number of hydrogen-bond acceptors (Lipinski definition) is 54. The lowest BCUT2D eigenvalue weighted by Gasteiger charge is -2.02. The monoisotopic (exact) mass is 2540 g/mol. The van der Waals surface area contributed by atoms with Crippen LogP contribution in [0.5, 0.6) is 0 Å². The number of rotatable bonds is 36. The van der Waals surface area contributed by atoms with E-state index >= 15 is 0 Å². The second-order valence-corrected chi connectivity index (χ2v) is 96.1. The molecule has 0 aliphatic rings. The maximum atomic E-state index is 10.5. The minimum Gasteiger partial charge on any atom is -0.313 e. The Morgan fingerprint density at radius 3 is 0.127 bits per heavy atom. The van der Waals surface area contributed by atoms with E-state index in [0.717, 1.165) is 205 Å². The van der Waals surface area contributed by atoms with Gasteiger partial charge >= 0.3 is 121 Å². The predicted octanol–water partition coefficient (Wildman–Crippen LogP) is 19.1. The van der Waals surface area contributed by atoms with Gasteiger partial charge in [-0.05, 0) is 113 Å². The van der Waals surface area contributed by atoms with Crippen molar-refractivity contribution in [2.24, 2.45) is 99.1 Å². The predicted molar refractivity (Wildman–Crippen MR) is 582 cm³/mol. The minimum absolute atomic E-state index is 1.04. The van der Waals surface area contributed by atoms with Crippen LogP contribution in [-0.2, 0) is 164 Å². The first kappa shape index (κ1) is 177. The van der Waals surface area contributed by atoms with Crippen LogP contribution in [0.1, 0.15) is 0 Å². The van der Waals surface area contributed by atoms with Gasteiger partial charge in [0.2, 0.25) is 0 Å². The van der Waals surface area contributed by atoms with Crippen LogP contribution in [-0.4, -0.2) is 241 Å². The molecule has 0 aromatic carbocycles. The van der Waals surface area contributed by atoms with Crippen LogP contribution in [0.25, 0.3) is 0 Å². The fourth-order valence-corrected chi connectivity index (χ4v) is 12.1. The van der Waals surface area contributed by atoms with E-state index in [-0.39, 0.29) is 0 Å². The molecule has 36 N–H and O–H groups in total. The molecule has 0 saturated heterocycles. The molecule has 0 spiro atoms. The van der Waals surface area contributed by atoms with Crippen LogP contribution in [0.2, 0.25) is 0 Å². The third-order valence-corrected chi connectivity index (χ3v) is 63.0. The molecular weight excluding hydrogens is 2400 g/mol. The Morgan fingerprint density at radius 2 is 0.127 bits per heavy atom. The topological polar surface area (TPSA) is 942 Å². The van der Waals surface area contributed by atoms with Gasteiger partial charge in [0.15, 0.2) is 0 Å². The maximum absolute atomic E-state index is 10.5. The van der Waals surface area contributed by atoms with Crippen molar-refractivity contribution in [2.45, 2.75) is 0 Å². The van der Waals surface area contributed by atoms with E-state index in [1.807, 2.05) is 0 Å². The average molecular weight is 2540 g/mol. The smallest absolute Gasteiger partial charge is 0.313 e. The second-order valence-electron chi connectivity index (χ2n) is 16.3. The molecule has 18 atom stereocenters. The molecule has 90 heteroatoms. The van der Waals surface area contributed by atoms with Crippen LogP contribution in [0, 0.1) is 0 Å². The van der Waals surface area contributed by atoms with E-state index in [2.05, 4.69) is 81.4 Å². The summed E-state index contributed by atoms with van der Waals surface area (Å²) in [5, 5.41) is 0. The average Bonchev–Trinajstić information content (AvgIpc) is 1.40. The van der Waals surface area contributed by atoms with Gasteiger partial charge in [-0.3, -0.25) is 181 Å². The molecule has 0 heterocycles. The van der Waals surface area contributed by atoms with Crippen molar-refractivity contribution in [1.29, 1.82) is 0 Å². The Labute approximate surface area is 820 Å². The van der Waals surface area contributed by atoms with E-state index in [4.69, 9.17) is 99.1 Å². The van der Waals surface area contributed by atoms with Gasteiger partial charge in [-0.2, -0.15) is 0 Å². The highest BCUT2D eigenvalue weighted by atomic mass is 32.8. The fraction of sp³-hybridized carbons (Fsp3) is 1.00. The Bertz CT molecular complexity index is 2480. The number of hydrogen-bond donors (Lipinski definition) is 18. The highest BCUT2D eigenvalue weighted by molar-refractivity contribution is 8.60. The van der Waals surface area contributed by atoms with Crippen molar-refractivity contribution in [3.8, 4) is 0 Å². The van der Waals surface area contributed by atoms with E-state index in [0.29, 0.717) is 0 Å². The first-order valence-corrected chi connectivity index (χ1v) is 92.6. The lowest BCUT2D eigenvalue weighted by Crippen LogP contribution is -1.89. The van der Waals surface area contributed by atoms with Gasteiger partial charge in [0.25, 0.3) is 0 Å². The van der Waals surface area contributed by atoms with Gasteiger partial charge in [-0.25, -0.2) is 0 Å². The molecule has 0 radical (unpaired) electrons. The summed E-state index contributed by atoms with van der Waals surface area (Å²) in [6.45, 7) is -49.3. The van der Waals surface area contributed by atoms with Crippen LogP contribution in [0.15, 0.2) is 0 Å². The molecule has 0 aliphatic heterocycles. The fourth-order valence-electron chi connectivity index (χ4n) is 1.34. The zero-order valence-electron chi connectivity index (χ0n) is 76.5. The van der Waals surface area contributed by atoms with Gasteiger partial charge in [0.05, 0.1) is 0 Å². The van der Waals surface area contributed by atoms with Gasteiger partial charge in [-0.1, -0.05) is 205 Å². The van der Waals surface area contributed by atoms with Crippen molar-refractivity contribution < 1.29 is 164 Å². The summed E-state index contributed by atoms with van der Waals surface area (Å²) < 4.78 is 267. The summed E-state index contributed by atoms with van der Waals surface area (Å²) >= 11 is 18.7. The van der Waals surface area contributed by atoms with E-state index in [9.17, 15) is 82.2 Å². The third kappa shape index (κ3) is 169. The molecule has 792 valence electrons. The van der Waals surface area contributed by atoms with E-state index in [1.54, 1.807) is 113 Å². The summed E-state index contributed by atoms with van der Waals surface area (Å²) in [6, 6.07) is 0. The number of nitrogens with two attached hydrogens (primary N) is 18. The van der Waals surface area contributed by atoms with Gasteiger partial charge in [0.1, 0.15) is 0 Å². The maximum Gasteiger partial charge on any atom is 0.323 e. The largest absolute Gasteiger partial charge is 0.323 e. The minimum atomic E-state index is -2.74. The molecular formula is C36H144N18O36P18S18. The molecule has 0 amide bonds. The zero-order valence-corrected chi connectivity index (χ0v) is 107. The molecule has 0 aromatic heterocycles. The van der Waals surface area contributed by atoms with Crippen molar-refractivity contribution in [1.82, 2.24) is 0 Å². The zero-order chi connectivity index (χ0) is 106. The van der Waals surface area contributed by atoms with Crippen LogP contribution < -0.4 is 99.1 Å². The van der Waals surface area contributed by atoms with E-state index in [1.165, 1.54) is 128 Å². The molecule has 0 fully saturated rings. The molecule has 0 rings (SSSR count). The van der Waals surface area contributed by atoms with Gasteiger partial charge in [-0.15, -0.1) is 0 Å². The highest BCUT2D eigenvalue weighted by Crippen LogP contribution is 2.57. The van der Waals surface area contributed by atoms with Gasteiger partial charge < -0.3 is 81.4 Å². The summed E-state index contributed by atoms with van der Waals surface area (Å²) in [4.78, 5) is 0. The second kappa shape index (κ2) is 101. The Morgan fingerprint density at radius 1 is 0.103 bits per heavy atom. The molecule has 18 unspecified atom stereocenters. The summed E-state index contributed by atoms with van der Waals surface area (Å²) in [5.41, 5.74) is 90.2. The standard InChI is InChI=1S/18C2H8NO2PS/c18*1-5-6(3,4)7-2/h18*1-2H3,(H2,3,4). The molecule has 54 nitrogen and oxygen atoms in total. The normalized spacial score (nSPS) is 18.7. The van der Waals surface area contributed by atoms with Gasteiger partial charge in [0, 0.05) is 128 Å². The summed E-state index contributed by atoms with van der Waals surface area (Å²) in [5.74, 6) is 0. The van der Waals surface area contributed by atoms with Crippen molar-refractivity contribution in [3.63, 3.8) is 0 Å². The molecule has 0 bridgehead atoms. The third-order valence-electron chi connectivity index (χ3n) is 9.16. The first-order chi connectivity index (χ1) is 56.2. The Hall–Kier alpha value is 9.00. The van der Waals surface area contributed by atoms with Crippen LogP contribution in [0.3, 0.4) is 0 Å². The Kier molecular flexibility index (Phi) is 142. The molecule has 0 aliphatic carbocycles. The quantitative estimate of drug-likeness (QED) is 0.0259. The Balaban J connectivity index is -0.0000000613. The van der Waals surface area contributed by atoms with Crippen molar-refractivity contribution >= 4 is 326 Å². The lowest BCUT2D eigenvalue weighted by molar-refractivity contribution is 0.409. The summed E-state index contributed by atoms with van der Waals surface area (Å²) in [6.07, 6.45) is 29.6.